The molecular weight excluding hydrogens is 462 g/mol. The third-order valence-electron chi connectivity index (χ3n) is 7.37. The van der Waals surface area contributed by atoms with Gasteiger partial charge in [-0.2, -0.15) is 0 Å². The second-order valence-corrected chi connectivity index (χ2v) is 9.82. The Hall–Kier alpha value is -3.80. The van der Waals surface area contributed by atoms with E-state index in [4.69, 9.17) is 14.5 Å². The Morgan fingerprint density at radius 2 is 1.86 bits per heavy atom. The van der Waals surface area contributed by atoms with Gasteiger partial charge in [-0.05, 0) is 50.6 Å². The first-order valence-corrected chi connectivity index (χ1v) is 13.2. The van der Waals surface area contributed by atoms with E-state index in [1.807, 2.05) is 38.4 Å². The Kier molecular flexibility index (Phi) is 6.67. The van der Waals surface area contributed by atoms with Crippen LogP contribution in [0.5, 0.6) is 5.75 Å². The lowest BCUT2D eigenvalue weighted by molar-refractivity contribution is 0.0237. The molecule has 1 aliphatic heterocycles. The van der Waals surface area contributed by atoms with Crippen LogP contribution in [-0.4, -0.2) is 36.2 Å². The molecule has 0 saturated heterocycles. The Bertz CT molecular complexity index is 1460. The molecule has 6 nitrogen and oxygen atoms in total. The average Bonchev–Trinajstić information content (AvgIpc) is 3.37. The summed E-state index contributed by atoms with van der Waals surface area (Å²) >= 11 is 0. The Morgan fingerprint density at radius 3 is 2.62 bits per heavy atom. The number of carbonyl (C=O) groups excluding carboxylic acids is 1. The molecule has 3 heterocycles. The van der Waals surface area contributed by atoms with Gasteiger partial charge in [0.05, 0.1) is 12.2 Å². The summed E-state index contributed by atoms with van der Waals surface area (Å²) in [5.41, 5.74) is 4.76. The third-order valence-corrected chi connectivity index (χ3v) is 7.37. The highest BCUT2D eigenvalue weighted by Gasteiger charge is 2.53. The van der Waals surface area contributed by atoms with Crippen molar-refractivity contribution in [1.82, 2.24) is 9.55 Å². The number of hydrogen-bond acceptors (Lipinski definition) is 5. The van der Waals surface area contributed by atoms with Gasteiger partial charge in [0.1, 0.15) is 11.4 Å². The summed E-state index contributed by atoms with van der Waals surface area (Å²) in [6.07, 6.45) is 4.90. The Morgan fingerprint density at radius 1 is 1.05 bits per heavy atom. The van der Waals surface area contributed by atoms with Gasteiger partial charge in [0, 0.05) is 66.3 Å². The topological polar surface area (TPSA) is 56.6 Å². The van der Waals surface area contributed by atoms with E-state index in [1.165, 1.54) is 0 Å². The van der Waals surface area contributed by atoms with Gasteiger partial charge in [-0.15, -0.1) is 0 Å². The van der Waals surface area contributed by atoms with E-state index in [0.29, 0.717) is 23.6 Å². The molecule has 5 rings (SSSR count). The van der Waals surface area contributed by atoms with Crippen molar-refractivity contribution < 1.29 is 14.3 Å². The lowest BCUT2D eigenvalue weighted by Gasteiger charge is -2.32. The first kappa shape index (κ1) is 24.9. The van der Waals surface area contributed by atoms with Crippen molar-refractivity contribution in [2.24, 2.45) is 0 Å². The average molecular weight is 498 g/mol. The number of rotatable bonds is 9. The first-order chi connectivity index (χ1) is 17.9. The lowest BCUT2D eigenvalue weighted by Crippen LogP contribution is -2.32. The summed E-state index contributed by atoms with van der Waals surface area (Å²) in [4.78, 5) is 20.3. The number of para-hydroxylation sites is 1. The molecule has 0 spiro atoms. The van der Waals surface area contributed by atoms with E-state index in [1.54, 1.807) is 18.3 Å². The zero-order valence-electron chi connectivity index (χ0n) is 22.4. The molecule has 37 heavy (non-hydrogen) atoms. The predicted molar refractivity (Wildman–Crippen MR) is 148 cm³/mol. The highest BCUT2D eigenvalue weighted by molar-refractivity contribution is 5.98. The fourth-order valence-electron chi connectivity index (χ4n) is 5.60. The van der Waals surface area contributed by atoms with Gasteiger partial charge in [-0.1, -0.05) is 38.0 Å². The molecule has 0 fully saturated rings. The number of nitrogens with zero attached hydrogens (tertiary/aromatic N) is 3. The van der Waals surface area contributed by atoms with Crippen LogP contribution in [0.4, 0.5) is 5.69 Å². The number of anilines is 1. The minimum Gasteiger partial charge on any atom is -0.493 e. The SMILES string of the molecule is CCCCCOc1cc(N(C)C)ccc1C1(c2c(C)n(CC)c3ccccc23)OC(=O)c2cccnc21. The fraction of sp³-hybridized carbons (Fsp3) is 0.355. The van der Waals surface area contributed by atoms with Gasteiger partial charge in [0.25, 0.3) is 0 Å². The molecule has 4 aromatic rings. The summed E-state index contributed by atoms with van der Waals surface area (Å²) < 4.78 is 15.2. The van der Waals surface area contributed by atoms with Crippen LogP contribution >= 0.6 is 0 Å². The lowest BCUT2D eigenvalue weighted by atomic mass is 9.80. The van der Waals surface area contributed by atoms with Crippen LogP contribution in [0.15, 0.2) is 60.8 Å². The van der Waals surface area contributed by atoms with Crippen LogP contribution in [0.25, 0.3) is 10.9 Å². The van der Waals surface area contributed by atoms with E-state index in [2.05, 4.69) is 48.4 Å². The molecule has 1 aliphatic rings. The highest BCUT2D eigenvalue weighted by atomic mass is 16.6. The Labute approximate surface area is 218 Å². The van der Waals surface area contributed by atoms with E-state index in [0.717, 1.165) is 59.2 Å². The maximum atomic E-state index is 13.4. The van der Waals surface area contributed by atoms with Crippen molar-refractivity contribution in [2.75, 3.05) is 25.6 Å². The second-order valence-electron chi connectivity index (χ2n) is 9.82. The molecule has 0 N–H and O–H groups in total. The Balaban J connectivity index is 1.85. The van der Waals surface area contributed by atoms with Gasteiger partial charge in [-0.3, -0.25) is 4.98 Å². The van der Waals surface area contributed by atoms with Gasteiger partial charge >= 0.3 is 5.97 Å². The maximum Gasteiger partial charge on any atom is 0.341 e. The molecular formula is C31H35N3O3. The van der Waals surface area contributed by atoms with E-state index in [9.17, 15) is 4.79 Å². The zero-order chi connectivity index (χ0) is 26.2. The predicted octanol–water partition coefficient (Wildman–Crippen LogP) is 6.46. The number of cyclic esters (lactones) is 1. The number of aromatic nitrogens is 2. The van der Waals surface area contributed by atoms with Crippen LogP contribution in [0.3, 0.4) is 0 Å². The van der Waals surface area contributed by atoms with Gasteiger partial charge < -0.3 is 18.9 Å². The van der Waals surface area contributed by atoms with Crippen molar-refractivity contribution in [2.45, 2.75) is 52.2 Å². The molecule has 6 heteroatoms. The molecule has 0 saturated carbocycles. The van der Waals surface area contributed by atoms with Crippen molar-refractivity contribution in [3.05, 3.63) is 88.9 Å². The molecule has 1 atom stereocenters. The normalized spacial score (nSPS) is 16.6. The van der Waals surface area contributed by atoms with Crippen LogP contribution < -0.4 is 9.64 Å². The molecule has 2 aromatic carbocycles. The molecule has 192 valence electrons. The number of hydrogen-bond donors (Lipinski definition) is 0. The minimum atomic E-state index is -1.23. The number of carbonyl (C=O) groups is 1. The number of unbranched alkanes of at least 4 members (excludes halogenated alkanes) is 2. The van der Waals surface area contributed by atoms with E-state index < -0.39 is 5.60 Å². The number of fused-ring (bicyclic) bond motifs is 2. The highest BCUT2D eigenvalue weighted by Crippen LogP contribution is 2.52. The van der Waals surface area contributed by atoms with E-state index >= 15 is 0 Å². The van der Waals surface area contributed by atoms with Crippen LogP contribution in [0.1, 0.15) is 66.0 Å². The smallest absolute Gasteiger partial charge is 0.341 e. The zero-order valence-corrected chi connectivity index (χ0v) is 22.4. The standard InChI is InChI=1S/C31H35N3O3/c1-6-8-11-19-36-27-20-22(33(4)5)16-17-25(27)31(29-24(30(35)37-31)14-12-18-32-29)28-21(3)34(7-2)26-15-10-9-13-23(26)28/h9-10,12-18,20H,6-8,11,19H2,1-5H3. The number of pyridine rings is 1. The molecule has 0 bridgehead atoms. The summed E-state index contributed by atoms with van der Waals surface area (Å²) in [5, 5.41) is 1.04. The maximum absolute atomic E-state index is 13.4. The van der Waals surface area contributed by atoms with Crippen molar-refractivity contribution in [3.63, 3.8) is 0 Å². The first-order valence-electron chi connectivity index (χ1n) is 13.2. The molecule has 0 radical (unpaired) electrons. The number of ether oxygens (including phenoxy) is 2. The minimum absolute atomic E-state index is 0.371. The summed E-state index contributed by atoms with van der Waals surface area (Å²) in [6, 6.07) is 18.0. The summed E-state index contributed by atoms with van der Waals surface area (Å²) in [7, 11) is 4.02. The van der Waals surface area contributed by atoms with Crippen LogP contribution in [0.2, 0.25) is 0 Å². The van der Waals surface area contributed by atoms with E-state index in [-0.39, 0.29) is 5.97 Å². The summed E-state index contributed by atoms with van der Waals surface area (Å²) in [6.45, 7) is 7.81. The summed E-state index contributed by atoms with van der Waals surface area (Å²) in [5.74, 6) is 0.339. The van der Waals surface area contributed by atoms with Crippen molar-refractivity contribution in [3.8, 4) is 5.75 Å². The molecule has 2 aromatic heterocycles. The fourth-order valence-corrected chi connectivity index (χ4v) is 5.60. The van der Waals surface area contributed by atoms with Gasteiger partial charge in [0.15, 0.2) is 0 Å². The van der Waals surface area contributed by atoms with Crippen LogP contribution in [-0.2, 0) is 16.9 Å². The largest absolute Gasteiger partial charge is 0.493 e. The van der Waals surface area contributed by atoms with Crippen molar-refractivity contribution in [1.29, 1.82) is 0 Å². The van der Waals surface area contributed by atoms with Gasteiger partial charge in [-0.25, -0.2) is 4.79 Å². The van der Waals surface area contributed by atoms with Crippen LogP contribution in [0, 0.1) is 6.92 Å². The number of esters is 1. The molecule has 0 aliphatic carbocycles. The van der Waals surface area contributed by atoms with Gasteiger partial charge in [0.2, 0.25) is 5.60 Å². The number of benzene rings is 2. The quantitative estimate of drug-likeness (QED) is 0.196. The number of aryl methyl sites for hydroxylation is 1. The monoisotopic (exact) mass is 497 g/mol. The van der Waals surface area contributed by atoms with Crippen molar-refractivity contribution >= 4 is 22.6 Å². The molecule has 1 unspecified atom stereocenters. The second kappa shape index (κ2) is 9.92. The third kappa shape index (κ3) is 3.95. The molecule has 0 amide bonds.